The Morgan fingerprint density at radius 2 is 1.90 bits per heavy atom. The molecule has 20 heavy (non-hydrogen) atoms. The monoisotopic (exact) mass is 267 g/mol. The first-order valence-corrected chi connectivity index (χ1v) is 7.85. The zero-order valence-electron chi connectivity index (χ0n) is 12.0. The van der Waals surface area contributed by atoms with Crippen molar-refractivity contribution in [3.63, 3.8) is 0 Å². The summed E-state index contributed by atoms with van der Waals surface area (Å²) in [4.78, 5) is 5.21. The molecular formula is C18H21NO. The molecule has 2 aliphatic carbocycles. The number of rotatable bonds is 5. The first kappa shape index (κ1) is 12.2. The van der Waals surface area contributed by atoms with Crippen molar-refractivity contribution in [1.29, 1.82) is 0 Å². The van der Waals surface area contributed by atoms with Crippen molar-refractivity contribution in [3.05, 3.63) is 47.7 Å². The zero-order chi connectivity index (χ0) is 13.6. The molecule has 1 atom stereocenters. The topological polar surface area (TPSA) is 21.6 Å². The SMILES string of the molecule is CCOC1=CC(C2CC2)=NC1(c1ccccc1)C1CC1. The molecule has 1 aromatic rings. The van der Waals surface area contributed by atoms with Gasteiger partial charge in [-0.1, -0.05) is 30.3 Å². The molecule has 0 saturated heterocycles. The van der Waals surface area contributed by atoms with Crippen LogP contribution in [0.3, 0.4) is 0 Å². The lowest BCUT2D eigenvalue weighted by Gasteiger charge is -2.30. The molecule has 1 unspecified atom stereocenters. The molecule has 0 radical (unpaired) electrons. The van der Waals surface area contributed by atoms with Gasteiger partial charge in [0, 0.05) is 17.7 Å². The van der Waals surface area contributed by atoms with Crippen molar-refractivity contribution in [2.45, 2.75) is 38.1 Å². The highest BCUT2D eigenvalue weighted by molar-refractivity contribution is 6.01. The summed E-state index contributed by atoms with van der Waals surface area (Å²) in [5, 5.41) is 0. The minimum absolute atomic E-state index is 0.213. The van der Waals surface area contributed by atoms with Gasteiger partial charge in [-0.15, -0.1) is 0 Å². The first-order valence-electron chi connectivity index (χ1n) is 7.85. The van der Waals surface area contributed by atoms with Crippen LogP contribution in [0.4, 0.5) is 0 Å². The molecule has 1 aliphatic heterocycles. The third-order valence-electron chi connectivity index (χ3n) is 4.64. The van der Waals surface area contributed by atoms with Gasteiger partial charge in [-0.25, -0.2) is 0 Å². The Kier molecular flexibility index (Phi) is 2.73. The molecule has 0 spiro atoms. The van der Waals surface area contributed by atoms with Crippen LogP contribution >= 0.6 is 0 Å². The summed E-state index contributed by atoms with van der Waals surface area (Å²) in [5.74, 6) is 2.41. The van der Waals surface area contributed by atoms with Gasteiger partial charge < -0.3 is 4.74 Å². The van der Waals surface area contributed by atoms with Crippen LogP contribution in [0.5, 0.6) is 0 Å². The first-order chi connectivity index (χ1) is 9.84. The fraction of sp³-hybridized carbons (Fsp3) is 0.500. The second-order valence-electron chi connectivity index (χ2n) is 6.16. The smallest absolute Gasteiger partial charge is 0.146 e. The van der Waals surface area contributed by atoms with Gasteiger partial charge in [0.2, 0.25) is 0 Å². The second kappa shape index (κ2) is 4.47. The minimum atomic E-state index is -0.213. The zero-order valence-corrected chi connectivity index (χ0v) is 12.0. The Balaban J connectivity index is 1.82. The van der Waals surface area contributed by atoms with Crippen molar-refractivity contribution >= 4 is 5.71 Å². The molecule has 2 nitrogen and oxygen atoms in total. The highest BCUT2D eigenvalue weighted by atomic mass is 16.5. The lowest BCUT2D eigenvalue weighted by molar-refractivity contribution is 0.169. The summed E-state index contributed by atoms with van der Waals surface area (Å²) in [6, 6.07) is 10.7. The van der Waals surface area contributed by atoms with Crippen LogP contribution in [0.1, 0.15) is 38.2 Å². The van der Waals surface area contributed by atoms with E-state index in [1.54, 1.807) is 0 Å². The summed E-state index contributed by atoms with van der Waals surface area (Å²) in [7, 11) is 0. The van der Waals surface area contributed by atoms with Gasteiger partial charge in [0.15, 0.2) is 0 Å². The molecule has 1 heterocycles. The van der Waals surface area contributed by atoms with Crippen molar-refractivity contribution in [1.82, 2.24) is 0 Å². The van der Waals surface area contributed by atoms with E-state index in [9.17, 15) is 0 Å². The number of allylic oxidation sites excluding steroid dienone is 1. The van der Waals surface area contributed by atoms with Gasteiger partial charge >= 0.3 is 0 Å². The summed E-state index contributed by atoms with van der Waals surface area (Å²) in [6.07, 6.45) is 7.36. The van der Waals surface area contributed by atoms with Gasteiger partial charge in [-0.2, -0.15) is 0 Å². The molecular weight excluding hydrogens is 246 g/mol. The maximum Gasteiger partial charge on any atom is 0.146 e. The molecule has 2 heteroatoms. The molecule has 0 aromatic heterocycles. The van der Waals surface area contributed by atoms with Crippen LogP contribution in [-0.2, 0) is 10.3 Å². The van der Waals surface area contributed by atoms with Crippen LogP contribution in [0.2, 0.25) is 0 Å². The summed E-state index contributed by atoms with van der Waals surface area (Å²) >= 11 is 0. The fourth-order valence-corrected chi connectivity index (χ4v) is 3.36. The maximum absolute atomic E-state index is 6.03. The third-order valence-corrected chi connectivity index (χ3v) is 4.64. The Bertz CT molecular complexity index is 566. The Morgan fingerprint density at radius 3 is 2.50 bits per heavy atom. The standard InChI is InChI=1S/C18H21NO/c1-2-20-17-12-16(13-8-9-13)19-18(17,15-10-11-15)14-6-4-3-5-7-14/h3-7,12-13,15H,2,8-11H2,1H3. The average molecular weight is 267 g/mol. The third kappa shape index (κ3) is 1.81. The van der Waals surface area contributed by atoms with E-state index >= 15 is 0 Å². The van der Waals surface area contributed by atoms with Crippen molar-refractivity contribution in [2.75, 3.05) is 6.61 Å². The van der Waals surface area contributed by atoms with E-state index in [0.717, 1.165) is 12.4 Å². The molecule has 0 N–H and O–H groups in total. The van der Waals surface area contributed by atoms with Crippen molar-refractivity contribution in [3.8, 4) is 0 Å². The molecule has 104 valence electrons. The number of hydrogen-bond donors (Lipinski definition) is 0. The fourth-order valence-electron chi connectivity index (χ4n) is 3.36. The molecule has 1 aromatic carbocycles. The van der Waals surface area contributed by atoms with E-state index in [1.165, 1.54) is 37.0 Å². The Labute approximate surface area is 120 Å². The Hall–Kier alpha value is -1.57. The highest BCUT2D eigenvalue weighted by Crippen LogP contribution is 2.56. The van der Waals surface area contributed by atoms with Gasteiger partial charge in [0.05, 0.1) is 6.61 Å². The number of aliphatic imine (C=N–C) groups is 1. The van der Waals surface area contributed by atoms with Gasteiger partial charge in [0.1, 0.15) is 11.3 Å². The second-order valence-corrected chi connectivity index (χ2v) is 6.16. The minimum Gasteiger partial charge on any atom is -0.495 e. The van der Waals surface area contributed by atoms with Gasteiger partial charge in [0.25, 0.3) is 0 Å². The predicted octanol–water partition coefficient (Wildman–Crippen LogP) is 4.08. The molecule has 2 saturated carbocycles. The van der Waals surface area contributed by atoms with E-state index in [4.69, 9.17) is 9.73 Å². The number of benzene rings is 1. The number of nitrogens with zero attached hydrogens (tertiary/aromatic N) is 1. The lowest BCUT2D eigenvalue weighted by atomic mass is 9.84. The van der Waals surface area contributed by atoms with Gasteiger partial charge in [-0.3, -0.25) is 4.99 Å². The number of ether oxygens (including phenoxy) is 1. The Morgan fingerprint density at radius 1 is 1.15 bits per heavy atom. The summed E-state index contributed by atoms with van der Waals surface area (Å²) < 4.78 is 6.03. The van der Waals surface area contributed by atoms with E-state index in [0.29, 0.717) is 11.8 Å². The average Bonchev–Trinajstić information content (AvgIpc) is 3.38. The van der Waals surface area contributed by atoms with Gasteiger partial charge in [-0.05, 0) is 44.1 Å². The molecule has 3 aliphatic rings. The highest BCUT2D eigenvalue weighted by Gasteiger charge is 2.53. The van der Waals surface area contributed by atoms with E-state index in [1.807, 2.05) is 0 Å². The van der Waals surface area contributed by atoms with Crippen LogP contribution in [0.25, 0.3) is 0 Å². The van der Waals surface area contributed by atoms with Crippen molar-refractivity contribution < 1.29 is 4.74 Å². The van der Waals surface area contributed by atoms with Crippen LogP contribution in [-0.4, -0.2) is 12.3 Å². The van der Waals surface area contributed by atoms with Crippen LogP contribution in [0, 0.1) is 11.8 Å². The molecule has 0 amide bonds. The number of hydrogen-bond acceptors (Lipinski definition) is 2. The quantitative estimate of drug-likeness (QED) is 0.788. The molecule has 2 fully saturated rings. The van der Waals surface area contributed by atoms with E-state index in [-0.39, 0.29) is 5.54 Å². The van der Waals surface area contributed by atoms with E-state index in [2.05, 4.69) is 43.3 Å². The van der Waals surface area contributed by atoms with Crippen LogP contribution in [0.15, 0.2) is 47.2 Å². The largest absolute Gasteiger partial charge is 0.495 e. The maximum atomic E-state index is 6.03. The van der Waals surface area contributed by atoms with Crippen molar-refractivity contribution in [2.24, 2.45) is 16.8 Å². The van der Waals surface area contributed by atoms with E-state index < -0.39 is 0 Å². The van der Waals surface area contributed by atoms with Crippen LogP contribution < -0.4 is 0 Å². The summed E-state index contributed by atoms with van der Waals surface area (Å²) in [6.45, 7) is 2.79. The summed E-state index contributed by atoms with van der Waals surface area (Å²) in [5.41, 5.74) is 2.37. The normalized spacial score (nSPS) is 29.1. The predicted molar refractivity (Wildman–Crippen MR) is 80.7 cm³/mol. The molecule has 4 rings (SSSR count). The lowest BCUT2D eigenvalue weighted by Crippen LogP contribution is -2.28. The molecule has 0 bridgehead atoms.